The van der Waals surface area contributed by atoms with Gasteiger partial charge in [-0.3, -0.25) is 4.98 Å². The fourth-order valence-corrected chi connectivity index (χ4v) is 1.82. The van der Waals surface area contributed by atoms with E-state index in [4.69, 9.17) is 4.74 Å². The fraction of sp³-hybridized carbons (Fsp3) is 0.308. The minimum Gasteiger partial charge on any atom is -0.496 e. The van der Waals surface area contributed by atoms with E-state index in [0.29, 0.717) is 0 Å². The number of rotatable bonds is 5. The van der Waals surface area contributed by atoms with Crippen molar-refractivity contribution < 1.29 is 9.30 Å². The van der Waals surface area contributed by atoms with Gasteiger partial charge in [0.25, 0.3) is 0 Å². The van der Waals surface area contributed by atoms with Gasteiger partial charge in [0.1, 0.15) is 18.1 Å². The molecule has 0 unspecified atom stereocenters. The third-order valence-electron chi connectivity index (χ3n) is 2.66. The Morgan fingerprint density at radius 1 is 1.31 bits per heavy atom. The van der Waals surface area contributed by atoms with Gasteiger partial charge in [-0.25, -0.2) is 4.57 Å². The van der Waals surface area contributed by atoms with Gasteiger partial charge in [-0.05, 0) is 24.5 Å². The summed E-state index contributed by atoms with van der Waals surface area (Å²) in [6.07, 6.45) is 8.11. The molecule has 0 aliphatic rings. The number of imidazole rings is 1. The number of aromatic amines is 1. The van der Waals surface area contributed by atoms with Crippen LogP contribution >= 0.6 is 0 Å². The second kappa shape index (κ2) is 5.35. The van der Waals surface area contributed by atoms with E-state index in [1.165, 1.54) is 5.56 Å². The SMILES string of the molecule is COc1ccccc1CCC[n+]1cc[nH]c1. The third-order valence-corrected chi connectivity index (χ3v) is 2.66. The largest absolute Gasteiger partial charge is 0.496 e. The lowest BCUT2D eigenvalue weighted by molar-refractivity contribution is -0.696. The molecule has 0 amide bonds. The van der Waals surface area contributed by atoms with Crippen molar-refractivity contribution in [1.82, 2.24) is 4.98 Å². The van der Waals surface area contributed by atoms with Crippen LogP contribution in [0.2, 0.25) is 0 Å². The number of methoxy groups -OCH3 is 1. The summed E-state index contributed by atoms with van der Waals surface area (Å²) in [6, 6.07) is 8.20. The van der Waals surface area contributed by atoms with Gasteiger partial charge in [0, 0.05) is 0 Å². The summed E-state index contributed by atoms with van der Waals surface area (Å²) in [4.78, 5) is 3.04. The highest BCUT2D eigenvalue weighted by atomic mass is 16.5. The van der Waals surface area contributed by atoms with Crippen LogP contribution in [0.25, 0.3) is 0 Å². The number of hydrogen-bond donors (Lipinski definition) is 1. The van der Waals surface area contributed by atoms with Gasteiger partial charge >= 0.3 is 0 Å². The van der Waals surface area contributed by atoms with E-state index in [9.17, 15) is 0 Å². The van der Waals surface area contributed by atoms with Gasteiger partial charge in [0.05, 0.1) is 13.7 Å². The molecule has 3 heteroatoms. The first-order chi connectivity index (χ1) is 7.90. The highest BCUT2D eigenvalue weighted by molar-refractivity contribution is 5.33. The first kappa shape index (κ1) is 10.7. The van der Waals surface area contributed by atoms with Crippen molar-refractivity contribution in [2.45, 2.75) is 19.4 Å². The number of aromatic nitrogens is 2. The van der Waals surface area contributed by atoms with Crippen LogP contribution in [0.3, 0.4) is 0 Å². The van der Waals surface area contributed by atoms with Gasteiger partial charge in [0.15, 0.2) is 0 Å². The molecule has 0 saturated heterocycles. The molecule has 0 aliphatic heterocycles. The molecule has 0 fully saturated rings. The number of ether oxygens (including phenoxy) is 1. The summed E-state index contributed by atoms with van der Waals surface area (Å²) in [5.74, 6) is 0.988. The summed E-state index contributed by atoms with van der Waals surface area (Å²) in [7, 11) is 1.72. The molecule has 1 heterocycles. The summed E-state index contributed by atoms with van der Waals surface area (Å²) < 4.78 is 7.47. The molecule has 0 aliphatic carbocycles. The Balaban J connectivity index is 1.89. The van der Waals surface area contributed by atoms with Crippen LogP contribution in [-0.2, 0) is 13.0 Å². The molecule has 2 aromatic rings. The fourth-order valence-electron chi connectivity index (χ4n) is 1.82. The second-order valence-electron chi connectivity index (χ2n) is 3.76. The van der Waals surface area contributed by atoms with E-state index >= 15 is 0 Å². The first-order valence-electron chi connectivity index (χ1n) is 5.54. The molecule has 1 N–H and O–H groups in total. The molecule has 2 rings (SSSR count). The molecule has 0 spiro atoms. The van der Waals surface area contributed by atoms with Gasteiger partial charge in [-0.2, -0.15) is 0 Å². The maximum absolute atomic E-state index is 5.32. The molecule has 0 bridgehead atoms. The van der Waals surface area contributed by atoms with Crippen LogP contribution < -0.4 is 9.30 Å². The Bertz CT molecular complexity index is 423. The topological polar surface area (TPSA) is 28.9 Å². The van der Waals surface area contributed by atoms with E-state index in [1.54, 1.807) is 7.11 Å². The molecule has 0 radical (unpaired) electrons. The number of hydrogen-bond acceptors (Lipinski definition) is 1. The lowest BCUT2D eigenvalue weighted by Crippen LogP contribution is -2.30. The Morgan fingerprint density at radius 3 is 2.94 bits per heavy atom. The number of nitrogens with one attached hydrogen (secondary N) is 1. The average molecular weight is 217 g/mol. The zero-order chi connectivity index (χ0) is 11.2. The minimum atomic E-state index is 0.988. The van der Waals surface area contributed by atoms with Gasteiger partial charge in [0.2, 0.25) is 6.33 Å². The molecule has 0 atom stereocenters. The van der Waals surface area contributed by atoms with E-state index in [2.05, 4.69) is 21.7 Å². The van der Waals surface area contributed by atoms with Crippen molar-refractivity contribution in [3.8, 4) is 5.75 Å². The maximum Gasteiger partial charge on any atom is 0.241 e. The number of para-hydroxylation sites is 1. The van der Waals surface area contributed by atoms with Crippen molar-refractivity contribution in [3.05, 3.63) is 48.5 Å². The predicted molar refractivity (Wildman–Crippen MR) is 62.3 cm³/mol. The Kier molecular flexibility index (Phi) is 3.59. The summed E-state index contributed by atoms with van der Waals surface area (Å²) in [5, 5.41) is 0. The Hall–Kier alpha value is -1.77. The van der Waals surface area contributed by atoms with Crippen LogP contribution in [0.4, 0.5) is 0 Å². The molecule has 16 heavy (non-hydrogen) atoms. The average Bonchev–Trinajstić information content (AvgIpc) is 2.83. The van der Waals surface area contributed by atoms with Crippen molar-refractivity contribution >= 4 is 0 Å². The molecule has 1 aromatic heterocycles. The molecule has 1 aromatic carbocycles. The third kappa shape index (κ3) is 2.63. The zero-order valence-corrected chi connectivity index (χ0v) is 9.52. The van der Waals surface area contributed by atoms with E-state index < -0.39 is 0 Å². The Morgan fingerprint density at radius 2 is 2.19 bits per heavy atom. The summed E-state index contributed by atoms with van der Waals surface area (Å²) in [6.45, 7) is 1.03. The van der Waals surface area contributed by atoms with E-state index in [0.717, 1.165) is 25.1 Å². The molecule has 3 nitrogen and oxygen atoms in total. The number of nitrogens with zero attached hydrogens (tertiary/aromatic N) is 1. The normalized spacial score (nSPS) is 10.3. The lowest BCUT2D eigenvalue weighted by atomic mass is 10.1. The first-order valence-corrected chi connectivity index (χ1v) is 5.54. The zero-order valence-electron chi connectivity index (χ0n) is 9.52. The second-order valence-corrected chi connectivity index (χ2v) is 3.76. The number of H-pyrrole nitrogens is 1. The van der Waals surface area contributed by atoms with Crippen LogP contribution in [-0.4, -0.2) is 12.1 Å². The highest BCUT2D eigenvalue weighted by Gasteiger charge is 2.02. The lowest BCUT2D eigenvalue weighted by Gasteiger charge is -2.06. The van der Waals surface area contributed by atoms with Crippen LogP contribution in [0.5, 0.6) is 5.75 Å². The molecule has 84 valence electrons. The Labute approximate surface area is 95.7 Å². The molecule has 0 saturated carbocycles. The monoisotopic (exact) mass is 217 g/mol. The van der Waals surface area contributed by atoms with Crippen LogP contribution in [0.15, 0.2) is 43.0 Å². The van der Waals surface area contributed by atoms with Crippen molar-refractivity contribution in [2.75, 3.05) is 7.11 Å². The summed E-state index contributed by atoms with van der Waals surface area (Å²) in [5.41, 5.74) is 1.28. The minimum absolute atomic E-state index is 0.988. The number of aryl methyl sites for hydroxylation is 2. The molecular formula is C13H17N2O+. The standard InChI is InChI=1S/C13H16N2O/c1-16-13-7-3-2-5-12(13)6-4-9-15-10-8-14-11-15/h2-3,5,7-8,10-11H,4,6,9H2,1H3/p+1. The smallest absolute Gasteiger partial charge is 0.241 e. The number of benzene rings is 1. The van der Waals surface area contributed by atoms with Crippen molar-refractivity contribution in [1.29, 1.82) is 0 Å². The van der Waals surface area contributed by atoms with Gasteiger partial charge in [-0.1, -0.05) is 18.2 Å². The van der Waals surface area contributed by atoms with Crippen molar-refractivity contribution in [2.24, 2.45) is 0 Å². The van der Waals surface area contributed by atoms with Crippen molar-refractivity contribution in [3.63, 3.8) is 0 Å². The summed E-state index contributed by atoms with van der Waals surface area (Å²) >= 11 is 0. The quantitative estimate of drug-likeness (QED) is 0.762. The highest BCUT2D eigenvalue weighted by Crippen LogP contribution is 2.18. The maximum atomic E-state index is 5.32. The predicted octanol–water partition coefficient (Wildman–Crippen LogP) is 1.94. The van der Waals surface area contributed by atoms with E-state index in [1.807, 2.05) is 30.9 Å². The van der Waals surface area contributed by atoms with Crippen LogP contribution in [0, 0.1) is 0 Å². The van der Waals surface area contributed by atoms with Crippen LogP contribution in [0.1, 0.15) is 12.0 Å². The van der Waals surface area contributed by atoms with Gasteiger partial charge < -0.3 is 4.74 Å². The van der Waals surface area contributed by atoms with E-state index in [-0.39, 0.29) is 0 Å². The molecular weight excluding hydrogens is 200 g/mol. The van der Waals surface area contributed by atoms with Gasteiger partial charge in [-0.15, -0.1) is 0 Å².